The molecule has 0 spiro atoms. The van der Waals surface area contributed by atoms with Crippen molar-refractivity contribution in [2.45, 2.75) is 38.1 Å². The maximum absolute atomic E-state index is 8.88. The maximum atomic E-state index is 8.88. The monoisotopic (exact) mass is 264 g/mol. The van der Waals surface area contributed by atoms with Gasteiger partial charge in [0.25, 0.3) is 0 Å². The molecule has 1 saturated carbocycles. The highest BCUT2D eigenvalue weighted by atomic mass is 16.3. The van der Waals surface area contributed by atoms with Crippen LogP contribution in [0.25, 0.3) is 0 Å². The molecule has 19 heavy (non-hydrogen) atoms. The Labute approximate surface area is 115 Å². The summed E-state index contributed by atoms with van der Waals surface area (Å²) in [6, 6.07) is 2.65. The summed E-state index contributed by atoms with van der Waals surface area (Å²) in [5.74, 6) is 1.91. The first-order chi connectivity index (χ1) is 9.22. The average molecular weight is 264 g/mol. The predicted molar refractivity (Wildman–Crippen MR) is 77.7 cm³/mol. The second-order valence-corrected chi connectivity index (χ2v) is 5.28. The largest absolute Gasteiger partial charge is 0.396 e. The van der Waals surface area contributed by atoms with E-state index < -0.39 is 0 Å². The van der Waals surface area contributed by atoms with Crippen molar-refractivity contribution in [3.8, 4) is 0 Å². The van der Waals surface area contributed by atoms with Gasteiger partial charge in [0.1, 0.15) is 18.0 Å². The molecule has 5 nitrogen and oxygen atoms in total. The fourth-order valence-corrected chi connectivity index (χ4v) is 2.64. The van der Waals surface area contributed by atoms with Crippen molar-refractivity contribution in [3.05, 3.63) is 12.4 Å². The van der Waals surface area contributed by atoms with Crippen molar-refractivity contribution >= 4 is 11.6 Å². The number of nitrogens with zero attached hydrogens (tertiary/aromatic N) is 4. The molecule has 5 heteroatoms. The Kier molecular flexibility index (Phi) is 4.96. The number of rotatable bonds is 6. The second kappa shape index (κ2) is 6.70. The lowest BCUT2D eigenvalue weighted by Gasteiger charge is -2.26. The van der Waals surface area contributed by atoms with Crippen LogP contribution in [-0.2, 0) is 0 Å². The Morgan fingerprint density at radius 3 is 2.58 bits per heavy atom. The van der Waals surface area contributed by atoms with E-state index in [4.69, 9.17) is 5.11 Å². The van der Waals surface area contributed by atoms with Crippen LogP contribution in [-0.4, -0.2) is 48.4 Å². The Balaban J connectivity index is 2.05. The summed E-state index contributed by atoms with van der Waals surface area (Å²) in [5, 5.41) is 8.88. The molecule has 0 aliphatic heterocycles. The van der Waals surface area contributed by atoms with Crippen LogP contribution in [0.15, 0.2) is 12.4 Å². The number of aliphatic hydroxyl groups is 1. The normalized spacial score (nSPS) is 15.7. The molecule has 106 valence electrons. The Bertz CT molecular complexity index is 393. The van der Waals surface area contributed by atoms with Crippen molar-refractivity contribution in [2.75, 3.05) is 37.0 Å². The van der Waals surface area contributed by atoms with Crippen molar-refractivity contribution in [2.24, 2.45) is 0 Å². The Hall–Kier alpha value is -1.36. The van der Waals surface area contributed by atoms with Gasteiger partial charge in [-0.15, -0.1) is 0 Å². The summed E-state index contributed by atoms with van der Waals surface area (Å²) >= 11 is 0. The van der Waals surface area contributed by atoms with Gasteiger partial charge in [0.15, 0.2) is 0 Å². The van der Waals surface area contributed by atoms with Crippen molar-refractivity contribution in [1.29, 1.82) is 0 Å². The summed E-state index contributed by atoms with van der Waals surface area (Å²) < 4.78 is 0. The smallest absolute Gasteiger partial charge is 0.134 e. The SMILES string of the molecule is CN(CCCO)c1cc(N(C)C2CCCC2)ncn1. The third-order valence-corrected chi connectivity index (χ3v) is 3.91. The standard InChI is InChI=1S/C14H24N4O/c1-17(8-5-9-19)13-10-14(16-11-15-13)18(2)12-6-3-4-7-12/h10-12,19H,3-9H2,1-2H3. The van der Waals surface area contributed by atoms with Gasteiger partial charge in [-0.2, -0.15) is 0 Å². The molecule has 1 aliphatic rings. The van der Waals surface area contributed by atoms with Gasteiger partial charge < -0.3 is 14.9 Å². The van der Waals surface area contributed by atoms with E-state index in [9.17, 15) is 0 Å². The van der Waals surface area contributed by atoms with E-state index in [0.29, 0.717) is 6.04 Å². The van der Waals surface area contributed by atoms with Crippen LogP contribution < -0.4 is 9.80 Å². The summed E-state index contributed by atoms with van der Waals surface area (Å²) in [6.45, 7) is 1.02. The molecule has 1 aromatic heterocycles. The highest BCUT2D eigenvalue weighted by molar-refractivity contribution is 5.49. The quantitative estimate of drug-likeness (QED) is 0.847. The van der Waals surface area contributed by atoms with Crippen LogP contribution in [0, 0.1) is 0 Å². The van der Waals surface area contributed by atoms with Gasteiger partial charge in [-0.05, 0) is 19.3 Å². The zero-order chi connectivity index (χ0) is 13.7. The first kappa shape index (κ1) is 14.1. The fraction of sp³-hybridized carbons (Fsp3) is 0.714. The zero-order valence-corrected chi connectivity index (χ0v) is 11.9. The molecule has 1 heterocycles. The predicted octanol–water partition coefficient (Wildman–Crippen LogP) is 1.67. The Morgan fingerprint density at radius 1 is 1.21 bits per heavy atom. The van der Waals surface area contributed by atoms with Crippen LogP contribution in [0.1, 0.15) is 32.1 Å². The lowest BCUT2D eigenvalue weighted by atomic mass is 10.2. The molecule has 1 aromatic rings. The molecule has 2 rings (SSSR count). The van der Waals surface area contributed by atoms with Gasteiger partial charge in [-0.1, -0.05) is 12.8 Å². The summed E-state index contributed by atoms with van der Waals surface area (Å²) in [6.07, 6.45) is 7.55. The first-order valence-electron chi connectivity index (χ1n) is 7.09. The maximum Gasteiger partial charge on any atom is 0.134 e. The van der Waals surface area contributed by atoms with Gasteiger partial charge in [-0.25, -0.2) is 9.97 Å². The van der Waals surface area contributed by atoms with Crippen molar-refractivity contribution < 1.29 is 5.11 Å². The second-order valence-electron chi connectivity index (χ2n) is 5.28. The summed E-state index contributed by atoms with van der Waals surface area (Å²) in [4.78, 5) is 13.0. The van der Waals surface area contributed by atoms with E-state index in [-0.39, 0.29) is 6.61 Å². The van der Waals surface area contributed by atoms with E-state index >= 15 is 0 Å². The summed E-state index contributed by atoms with van der Waals surface area (Å²) in [5.41, 5.74) is 0. The van der Waals surface area contributed by atoms with E-state index in [2.05, 4.69) is 26.8 Å². The topological polar surface area (TPSA) is 52.5 Å². The Morgan fingerprint density at radius 2 is 1.89 bits per heavy atom. The minimum Gasteiger partial charge on any atom is -0.396 e. The molecule has 0 saturated heterocycles. The minimum atomic E-state index is 0.213. The number of aromatic nitrogens is 2. The van der Waals surface area contributed by atoms with Gasteiger partial charge in [-0.3, -0.25) is 0 Å². The van der Waals surface area contributed by atoms with Crippen LogP contribution in [0.5, 0.6) is 0 Å². The third-order valence-electron chi connectivity index (χ3n) is 3.91. The molecule has 1 aliphatic carbocycles. The van der Waals surface area contributed by atoms with Crippen molar-refractivity contribution in [1.82, 2.24) is 9.97 Å². The lowest BCUT2D eigenvalue weighted by molar-refractivity contribution is 0.290. The third kappa shape index (κ3) is 3.56. The van der Waals surface area contributed by atoms with E-state index in [1.807, 2.05) is 13.1 Å². The van der Waals surface area contributed by atoms with E-state index in [0.717, 1.165) is 24.6 Å². The molecule has 0 unspecified atom stereocenters. The number of hydrogen-bond acceptors (Lipinski definition) is 5. The first-order valence-corrected chi connectivity index (χ1v) is 7.09. The number of anilines is 2. The average Bonchev–Trinajstić information content (AvgIpc) is 2.98. The number of aliphatic hydroxyl groups excluding tert-OH is 1. The molecule has 0 atom stereocenters. The lowest BCUT2D eigenvalue weighted by Crippen LogP contribution is -2.30. The molecule has 1 N–H and O–H groups in total. The molecule has 0 amide bonds. The van der Waals surface area contributed by atoms with Crippen LogP contribution in [0.2, 0.25) is 0 Å². The van der Waals surface area contributed by atoms with Crippen molar-refractivity contribution in [3.63, 3.8) is 0 Å². The van der Waals surface area contributed by atoms with E-state index in [1.165, 1.54) is 25.7 Å². The minimum absolute atomic E-state index is 0.213. The zero-order valence-electron chi connectivity index (χ0n) is 11.9. The van der Waals surface area contributed by atoms with Crippen LogP contribution in [0.3, 0.4) is 0 Å². The highest BCUT2D eigenvalue weighted by Crippen LogP contribution is 2.26. The molecule has 0 aromatic carbocycles. The molecule has 0 radical (unpaired) electrons. The number of hydrogen-bond donors (Lipinski definition) is 1. The summed E-state index contributed by atoms with van der Waals surface area (Å²) in [7, 11) is 4.12. The van der Waals surface area contributed by atoms with Crippen LogP contribution >= 0.6 is 0 Å². The van der Waals surface area contributed by atoms with Gasteiger partial charge in [0, 0.05) is 39.4 Å². The van der Waals surface area contributed by atoms with Crippen LogP contribution in [0.4, 0.5) is 11.6 Å². The molecule has 1 fully saturated rings. The van der Waals surface area contributed by atoms with Gasteiger partial charge in [0.05, 0.1) is 0 Å². The molecule has 0 bridgehead atoms. The highest BCUT2D eigenvalue weighted by Gasteiger charge is 2.21. The molecular formula is C14H24N4O. The van der Waals surface area contributed by atoms with Gasteiger partial charge in [0.2, 0.25) is 0 Å². The fourth-order valence-electron chi connectivity index (χ4n) is 2.64. The molecular weight excluding hydrogens is 240 g/mol. The van der Waals surface area contributed by atoms with E-state index in [1.54, 1.807) is 6.33 Å². The van der Waals surface area contributed by atoms with Gasteiger partial charge >= 0.3 is 0 Å².